The van der Waals surface area contributed by atoms with Crippen molar-refractivity contribution in [2.45, 2.75) is 6.54 Å². The molecule has 2 aromatic heterocycles. The van der Waals surface area contributed by atoms with Crippen LogP contribution in [0.2, 0.25) is 0 Å². The number of aromatic nitrogens is 3. The van der Waals surface area contributed by atoms with Crippen molar-refractivity contribution in [2.24, 2.45) is 4.99 Å². The summed E-state index contributed by atoms with van der Waals surface area (Å²) in [5, 5.41) is 2.34. The molecule has 1 aliphatic heterocycles. The molecule has 5 heteroatoms. The van der Waals surface area contributed by atoms with Crippen LogP contribution in [0.3, 0.4) is 0 Å². The molecule has 3 heterocycles. The summed E-state index contributed by atoms with van der Waals surface area (Å²) >= 11 is 0. The maximum Gasteiger partial charge on any atom is 0.162 e. The van der Waals surface area contributed by atoms with Crippen LogP contribution in [0.1, 0.15) is 5.56 Å². The van der Waals surface area contributed by atoms with E-state index in [1.54, 1.807) is 0 Å². The summed E-state index contributed by atoms with van der Waals surface area (Å²) in [5.74, 6) is 1.47. The van der Waals surface area contributed by atoms with Crippen LogP contribution in [0.4, 0.5) is 17.1 Å². The van der Waals surface area contributed by atoms with Crippen LogP contribution >= 0.6 is 0 Å². The molecular weight excluding hydrogens is 719 g/mol. The van der Waals surface area contributed by atoms with Crippen molar-refractivity contribution in [1.82, 2.24) is 14.5 Å². The van der Waals surface area contributed by atoms with Crippen LogP contribution < -0.4 is 4.90 Å². The summed E-state index contributed by atoms with van der Waals surface area (Å²) in [7, 11) is 0. The molecule has 0 saturated heterocycles. The van der Waals surface area contributed by atoms with E-state index in [-0.39, 0.29) is 0 Å². The Morgan fingerprint density at radius 3 is 1.80 bits per heavy atom. The van der Waals surface area contributed by atoms with Gasteiger partial charge in [-0.15, -0.1) is 0 Å². The van der Waals surface area contributed by atoms with Crippen molar-refractivity contribution >= 4 is 45.6 Å². The first kappa shape index (κ1) is 34.4. The van der Waals surface area contributed by atoms with Crippen LogP contribution in [0.25, 0.3) is 83.6 Å². The first-order valence-corrected chi connectivity index (χ1v) is 19.9. The number of nitrogens with zero attached hydrogens (tertiary/aromatic N) is 5. The second kappa shape index (κ2) is 14.2. The zero-order valence-electron chi connectivity index (χ0n) is 32.2. The second-order valence-corrected chi connectivity index (χ2v) is 14.9. The smallest absolute Gasteiger partial charge is 0.162 e. The molecule has 0 saturated carbocycles. The third-order valence-corrected chi connectivity index (χ3v) is 11.5. The zero-order chi connectivity index (χ0) is 39.3. The predicted molar refractivity (Wildman–Crippen MR) is 245 cm³/mol. The van der Waals surface area contributed by atoms with Crippen LogP contribution in [-0.4, -0.2) is 21.3 Å². The number of anilines is 2. The van der Waals surface area contributed by atoms with E-state index in [1.807, 2.05) is 24.3 Å². The third-order valence-electron chi connectivity index (χ3n) is 11.5. The number of para-hydroxylation sites is 3. The van der Waals surface area contributed by atoms with E-state index in [9.17, 15) is 0 Å². The molecule has 0 fully saturated rings. The molecule has 0 amide bonds. The summed E-state index contributed by atoms with van der Waals surface area (Å²) < 4.78 is 2.32. The zero-order valence-corrected chi connectivity index (χ0v) is 32.2. The van der Waals surface area contributed by atoms with Crippen molar-refractivity contribution in [1.29, 1.82) is 0 Å². The van der Waals surface area contributed by atoms with Gasteiger partial charge >= 0.3 is 0 Å². The Kier molecular flexibility index (Phi) is 8.30. The Labute approximate surface area is 342 Å². The van der Waals surface area contributed by atoms with E-state index in [0.29, 0.717) is 5.82 Å². The van der Waals surface area contributed by atoms with E-state index in [1.165, 1.54) is 33.2 Å². The van der Waals surface area contributed by atoms with Crippen molar-refractivity contribution in [3.05, 3.63) is 206 Å². The molecule has 10 aromatic rings. The highest BCUT2D eigenvalue weighted by Gasteiger charge is 2.29. The summed E-state index contributed by atoms with van der Waals surface area (Å²) in [6.07, 6.45) is 0. The number of hydrogen-bond acceptors (Lipinski definition) is 4. The van der Waals surface area contributed by atoms with Gasteiger partial charge in [0.25, 0.3) is 0 Å². The molecule has 8 aromatic carbocycles. The van der Waals surface area contributed by atoms with Gasteiger partial charge in [0.05, 0.1) is 33.8 Å². The molecule has 0 radical (unpaired) electrons. The highest BCUT2D eigenvalue weighted by molar-refractivity contribution is 6.19. The Bertz CT molecular complexity index is 3080. The minimum absolute atomic E-state index is 0.665. The standard InChI is InChI=1S/C54H37N5/c1-55-45-21-11-13-23-48(45)58-35-42-18-8-9-19-43(42)52-49(58)32-33-50-53(52)44-20-10-12-22-47(44)59(50)51-34-46(40-28-24-38(25-29-40)36-14-4-2-5-15-36)56-54(57-51)41-30-26-39(27-31-41)37-16-6-3-7-17-37/h2-34H,1,35H2. The Balaban J connectivity index is 1.14. The maximum absolute atomic E-state index is 5.40. The molecule has 1 aliphatic rings. The van der Waals surface area contributed by atoms with Crippen LogP contribution in [-0.2, 0) is 6.54 Å². The van der Waals surface area contributed by atoms with Gasteiger partial charge in [-0.25, -0.2) is 9.97 Å². The molecule has 0 unspecified atom stereocenters. The van der Waals surface area contributed by atoms with Gasteiger partial charge in [-0.2, -0.15) is 0 Å². The minimum Gasteiger partial charge on any atom is -0.335 e. The highest BCUT2D eigenvalue weighted by atomic mass is 15.2. The molecule has 5 nitrogen and oxygen atoms in total. The first-order chi connectivity index (χ1) is 29.2. The lowest BCUT2D eigenvalue weighted by Crippen LogP contribution is -2.21. The fourth-order valence-corrected chi connectivity index (χ4v) is 8.72. The van der Waals surface area contributed by atoms with Crippen molar-refractivity contribution < 1.29 is 0 Å². The van der Waals surface area contributed by atoms with Crippen molar-refractivity contribution in [3.8, 4) is 61.8 Å². The summed E-state index contributed by atoms with van der Waals surface area (Å²) in [6, 6.07) is 70.6. The van der Waals surface area contributed by atoms with Gasteiger partial charge in [-0.3, -0.25) is 9.56 Å². The lowest BCUT2D eigenvalue weighted by Gasteiger charge is -2.34. The Morgan fingerprint density at radius 1 is 0.475 bits per heavy atom. The molecular formula is C54H37N5. The SMILES string of the molecule is C=Nc1ccccc1N1Cc2ccccc2-c2c1ccc1c2c2ccccc2n1-c1cc(-c2ccc(-c3ccccc3)cc2)nc(-c2ccc(-c3ccccc3)cc2)n1. The largest absolute Gasteiger partial charge is 0.335 e. The second-order valence-electron chi connectivity index (χ2n) is 14.9. The summed E-state index contributed by atoms with van der Waals surface area (Å²) in [4.78, 5) is 17.5. The van der Waals surface area contributed by atoms with Gasteiger partial charge in [0, 0.05) is 40.1 Å². The minimum atomic E-state index is 0.665. The molecule has 0 spiro atoms. The third kappa shape index (κ3) is 5.91. The van der Waals surface area contributed by atoms with E-state index in [2.05, 4.69) is 197 Å². The Morgan fingerprint density at radius 2 is 1.07 bits per heavy atom. The molecule has 0 N–H and O–H groups in total. The summed E-state index contributed by atoms with van der Waals surface area (Å²) in [6.45, 7) is 4.64. The summed E-state index contributed by atoms with van der Waals surface area (Å²) in [5.41, 5.74) is 16.3. The van der Waals surface area contributed by atoms with Crippen molar-refractivity contribution in [3.63, 3.8) is 0 Å². The van der Waals surface area contributed by atoms with Gasteiger partial charge in [0.2, 0.25) is 0 Å². The van der Waals surface area contributed by atoms with Gasteiger partial charge in [0.1, 0.15) is 5.82 Å². The number of rotatable bonds is 7. The van der Waals surface area contributed by atoms with E-state index < -0.39 is 0 Å². The average Bonchev–Trinajstić information content (AvgIpc) is 3.66. The number of fused-ring (bicyclic) bond motifs is 7. The maximum atomic E-state index is 5.40. The van der Waals surface area contributed by atoms with Gasteiger partial charge in [-0.1, -0.05) is 164 Å². The van der Waals surface area contributed by atoms with E-state index >= 15 is 0 Å². The van der Waals surface area contributed by atoms with Crippen LogP contribution in [0.5, 0.6) is 0 Å². The highest BCUT2D eigenvalue weighted by Crippen LogP contribution is 2.50. The van der Waals surface area contributed by atoms with Crippen molar-refractivity contribution in [2.75, 3.05) is 4.90 Å². The monoisotopic (exact) mass is 755 g/mol. The normalized spacial score (nSPS) is 12.0. The molecule has 0 bridgehead atoms. The van der Waals surface area contributed by atoms with Crippen LogP contribution in [0.15, 0.2) is 205 Å². The first-order valence-electron chi connectivity index (χ1n) is 19.9. The van der Waals surface area contributed by atoms with E-state index in [4.69, 9.17) is 9.97 Å². The van der Waals surface area contributed by atoms with Gasteiger partial charge in [0.15, 0.2) is 5.82 Å². The quantitative estimate of drug-likeness (QED) is 0.152. The topological polar surface area (TPSA) is 46.3 Å². The van der Waals surface area contributed by atoms with Gasteiger partial charge in [-0.05, 0) is 70.4 Å². The van der Waals surface area contributed by atoms with Crippen LogP contribution in [0, 0.1) is 0 Å². The molecule has 11 rings (SSSR count). The molecule has 278 valence electrons. The number of hydrogen-bond donors (Lipinski definition) is 0. The lowest BCUT2D eigenvalue weighted by atomic mass is 9.89. The number of benzene rings is 8. The van der Waals surface area contributed by atoms with Gasteiger partial charge < -0.3 is 4.90 Å². The molecule has 0 atom stereocenters. The number of aliphatic imine (C=N–C) groups is 1. The fourth-order valence-electron chi connectivity index (χ4n) is 8.72. The lowest BCUT2D eigenvalue weighted by molar-refractivity contribution is 0.962. The Hall–Kier alpha value is -7.89. The average molecular weight is 756 g/mol. The van der Waals surface area contributed by atoms with E-state index in [0.717, 1.165) is 73.8 Å². The predicted octanol–water partition coefficient (Wildman–Crippen LogP) is 13.9. The fraction of sp³-hybridized carbons (Fsp3) is 0.0185. The molecule has 59 heavy (non-hydrogen) atoms. The molecule has 0 aliphatic carbocycles.